The number of nitro benzene ring substituents is 1. The highest BCUT2D eigenvalue weighted by atomic mass is 32.2. The Kier molecular flexibility index (Phi) is 5.60. The Morgan fingerprint density at radius 2 is 1.66 bits per heavy atom. The minimum atomic E-state index is -3.87. The second-order valence-electron chi connectivity index (χ2n) is 6.10. The van der Waals surface area contributed by atoms with Crippen molar-refractivity contribution in [2.45, 2.75) is 4.90 Å². The van der Waals surface area contributed by atoms with Gasteiger partial charge in [0, 0.05) is 30.4 Å². The van der Waals surface area contributed by atoms with Crippen molar-refractivity contribution in [3.05, 3.63) is 94.5 Å². The molecule has 0 fully saturated rings. The highest BCUT2D eigenvalue weighted by Crippen LogP contribution is 2.23. The number of nitrogens with zero attached hydrogens (tertiary/aromatic N) is 2. The van der Waals surface area contributed by atoms with Crippen molar-refractivity contribution in [1.82, 2.24) is 0 Å². The number of hydrogen-bond acceptors (Lipinski definition) is 5. The first-order valence-electron chi connectivity index (χ1n) is 8.49. The molecule has 0 bridgehead atoms. The van der Waals surface area contributed by atoms with Crippen molar-refractivity contribution in [3.8, 4) is 0 Å². The lowest BCUT2D eigenvalue weighted by molar-refractivity contribution is -0.384. The van der Waals surface area contributed by atoms with E-state index >= 15 is 0 Å². The number of sulfonamides is 1. The third-order valence-corrected chi connectivity index (χ3v) is 5.97. The van der Waals surface area contributed by atoms with Gasteiger partial charge in [0.15, 0.2) is 0 Å². The van der Waals surface area contributed by atoms with Crippen LogP contribution < -0.4 is 9.62 Å². The standard InChI is InChI=1S/C20H17N3O5S/c1-22(17-9-3-2-4-10-17)29(27,28)19-12-5-7-15(13-19)20(24)21-16-8-6-11-18(14-16)23(25)26/h2-14H,1H3,(H,21,24). The molecule has 0 radical (unpaired) electrons. The molecule has 3 aromatic carbocycles. The third-order valence-electron chi connectivity index (χ3n) is 4.19. The van der Waals surface area contributed by atoms with Crippen LogP contribution in [0.3, 0.4) is 0 Å². The number of non-ortho nitro benzene ring substituents is 1. The maximum Gasteiger partial charge on any atom is 0.271 e. The molecule has 0 saturated carbocycles. The van der Waals surface area contributed by atoms with Crippen LogP contribution in [0.4, 0.5) is 17.1 Å². The first-order valence-corrected chi connectivity index (χ1v) is 9.93. The van der Waals surface area contributed by atoms with Crippen LogP contribution in [-0.2, 0) is 10.0 Å². The monoisotopic (exact) mass is 411 g/mol. The summed E-state index contributed by atoms with van der Waals surface area (Å²) >= 11 is 0. The van der Waals surface area contributed by atoms with Gasteiger partial charge in [0.1, 0.15) is 0 Å². The van der Waals surface area contributed by atoms with Gasteiger partial charge in [0.25, 0.3) is 21.6 Å². The fourth-order valence-corrected chi connectivity index (χ4v) is 3.88. The van der Waals surface area contributed by atoms with E-state index in [2.05, 4.69) is 5.32 Å². The first-order chi connectivity index (χ1) is 13.8. The van der Waals surface area contributed by atoms with E-state index in [0.717, 1.165) is 4.31 Å². The van der Waals surface area contributed by atoms with E-state index in [9.17, 15) is 23.3 Å². The summed E-state index contributed by atoms with van der Waals surface area (Å²) in [5, 5.41) is 13.4. The number of nitro groups is 1. The molecule has 9 heteroatoms. The Morgan fingerprint density at radius 3 is 2.34 bits per heavy atom. The van der Waals surface area contributed by atoms with Gasteiger partial charge >= 0.3 is 0 Å². The van der Waals surface area contributed by atoms with Crippen molar-refractivity contribution in [3.63, 3.8) is 0 Å². The molecule has 0 unspecified atom stereocenters. The van der Waals surface area contributed by atoms with Gasteiger partial charge in [-0.05, 0) is 36.4 Å². The second-order valence-corrected chi connectivity index (χ2v) is 8.07. The molecule has 0 aromatic heterocycles. The lowest BCUT2D eigenvalue weighted by atomic mass is 10.2. The Balaban J connectivity index is 1.86. The summed E-state index contributed by atoms with van der Waals surface area (Å²) in [6.07, 6.45) is 0. The van der Waals surface area contributed by atoms with Crippen LogP contribution >= 0.6 is 0 Å². The van der Waals surface area contributed by atoms with Gasteiger partial charge in [-0.2, -0.15) is 0 Å². The topological polar surface area (TPSA) is 110 Å². The van der Waals surface area contributed by atoms with Crippen LogP contribution in [0, 0.1) is 10.1 Å². The van der Waals surface area contributed by atoms with E-state index in [4.69, 9.17) is 0 Å². The van der Waals surface area contributed by atoms with Gasteiger partial charge < -0.3 is 5.32 Å². The normalized spacial score (nSPS) is 10.9. The lowest BCUT2D eigenvalue weighted by Gasteiger charge is -2.19. The third kappa shape index (κ3) is 4.41. The van der Waals surface area contributed by atoms with E-state index in [1.807, 2.05) is 0 Å². The minimum Gasteiger partial charge on any atom is -0.322 e. The van der Waals surface area contributed by atoms with Crippen molar-refractivity contribution >= 4 is 33.0 Å². The van der Waals surface area contributed by atoms with E-state index in [-0.39, 0.29) is 21.8 Å². The molecule has 8 nitrogen and oxygen atoms in total. The van der Waals surface area contributed by atoms with Gasteiger partial charge in [-0.1, -0.05) is 30.3 Å². The summed E-state index contributed by atoms with van der Waals surface area (Å²) in [5.74, 6) is -0.579. The van der Waals surface area contributed by atoms with E-state index in [0.29, 0.717) is 5.69 Å². The van der Waals surface area contributed by atoms with Gasteiger partial charge in [0.2, 0.25) is 0 Å². The van der Waals surface area contributed by atoms with Crippen LogP contribution in [0.5, 0.6) is 0 Å². The summed E-state index contributed by atoms with van der Waals surface area (Å²) in [6.45, 7) is 0. The molecule has 148 valence electrons. The van der Waals surface area contributed by atoms with E-state index in [1.54, 1.807) is 30.3 Å². The zero-order valence-corrected chi connectivity index (χ0v) is 16.2. The fraction of sp³-hybridized carbons (Fsp3) is 0.0500. The number of nitrogens with one attached hydrogen (secondary N) is 1. The number of benzene rings is 3. The minimum absolute atomic E-state index is 0.0458. The van der Waals surface area contributed by atoms with Crippen molar-refractivity contribution in [1.29, 1.82) is 0 Å². The maximum atomic E-state index is 12.9. The van der Waals surface area contributed by atoms with Crippen LogP contribution in [0.25, 0.3) is 0 Å². The Labute approximate surface area is 167 Å². The van der Waals surface area contributed by atoms with E-state index in [1.165, 1.54) is 55.6 Å². The van der Waals surface area contributed by atoms with Crippen molar-refractivity contribution in [2.24, 2.45) is 0 Å². The number of carbonyl (C=O) groups is 1. The van der Waals surface area contributed by atoms with Gasteiger partial charge in [-0.15, -0.1) is 0 Å². The fourth-order valence-electron chi connectivity index (χ4n) is 2.63. The Bertz CT molecular complexity index is 1160. The van der Waals surface area contributed by atoms with Crippen molar-refractivity contribution in [2.75, 3.05) is 16.7 Å². The molecule has 0 spiro atoms. The largest absolute Gasteiger partial charge is 0.322 e. The number of anilines is 2. The summed E-state index contributed by atoms with van der Waals surface area (Å²) in [5.41, 5.74) is 0.667. The number of hydrogen-bond donors (Lipinski definition) is 1. The zero-order valence-electron chi connectivity index (χ0n) is 15.3. The quantitative estimate of drug-likeness (QED) is 0.492. The van der Waals surface area contributed by atoms with Gasteiger partial charge in [-0.3, -0.25) is 19.2 Å². The molecule has 1 amide bonds. The van der Waals surface area contributed by atoms with E-state index < -0.39 is 20.9 Å². The molecule has 0 atom stereocenters. The number of amides is 1. The lowest BCUT2D eigenvalue weighted by Crippen LogP contribution is -2.26. The van der Waals surface area contributed by atoms with Crippen LogP contribution in [-0.4, -0.2) is 26.3 Å². The molecule has 0 aliphatic rings. The highest BCUT2D eigenvalue weighted by Gasteiger charge is 2.22. The molecular weight excluding hydrogens is 394 g/mol. The molecule has 3 aromatic rings. The zero-order chi connectivity index (χ0) is 21.0. The molecule has 0 aliphatic carbocycles. The van der Waals surface area contributed by atoms with Crippen LogP contribution in [0.2, 0.25) is 0 Å². The SMILES string of the molecule is CN(c1ccccc1)S(=O)(=O)c1cccc(C(=O)Nc2cccc([N+](=O)[O-])c2)c1. The Hall–Kier alpha value is -3.72. The molecule has 1 N–H and O–H groups in total. The number of para-hydroxylation sites is 1. The number of rotatable bonds is 6. The molecule has 3 rings (SSSR count). The first kappa shape index (κ1) is 20.0. The molecule has 29 heavy (non-hydrogen) atoms. The average molecular weight is 411 g/mol. The smallest absolute Gasteiger partial charge is 0.271 e. The van der Waals surface area contributed by atoms with Gasteiger partial charge in [0.05, 0.1) is 15.5 Å². The summed E-state index contributed by atoms with van der Waals surface area (Å²) < 4.78 is 26.9. The molecule has 0 saturated heterocycles. The maximum absolute atomic E-state index is 12.9. The van der Waals surface area contributed by atoms with Crippen LogP contribution in [0.15, 0.2) is 83.8 Å². The highest BCUT2D eigenvalue weighted by molar-refractivity contribution is 7.92. The predicted octanol–water partition coefficient (Wildman–Crippen LogP) is 3.67. The second kappa shape index (κ2) is 8.11. The number of carbonyl (C=O) groups excluding carboxylic acids is 1. The summed E-state index contributed by atoms with van der Waals surface area (Å²) in [7, 11) is -2.44. The molecule has 0 heterocycles. The average Bonchev–Trinajstić information content (AvgIpc) is 2.74. The van der Waals surface area contributed by atoms with Crippen molar-refractivity contribution < 1.29 is 18.1 Å². The molecular formula is C20H17N3O5S. The summed E-state index contributed by atoms with van der Waals surface area (Å²) in [6, 6.07) is 19.6. The Morgan fingerprint density at radius 1 is 0.966 bits per heavy atom. The predicted molar refractivity (Wildman–Crippen MR) is 110 cm³/mol. The summed E-state index contributed by atoms with van der Waals surface area (Å²) in [4.78, 5) is 22.8. The van der Waals surface area contributed by atoms with Gasteiger partial charge in [-0.25, -0.2) is 8.42 Å². The molecule has 0 aliphatic heterocycles. The van der Waals surface area contributed by atoms with Crippen LogP contribution in [0.1, 0.15) is 10.4 Å².